The summed E-state index contributed by atoms with van der Waals surface area (Å²) in [6.45, 7) is 8.96. The van der Waals surface area contributed by atoms with Gasteiger partial charge in [-0.25, -0.2) is 4.79 Å². The second-order valence-corrected chi connectivity index (χ2v) is 11.5. The highest BCUT2D eigenvalue weighted by Crippen LogP contribution is 2.28. The molecule has 8 nitrogen and oxygen atoms in total. The minimum atomic E-state index is -1.18. The van der Waals surface area contributed by atoms with Crippen LogP contribution in [0.1, 0.15) is 43.5 Å². The van der Waals surface area contributed by atoms with Crippen molar-refractivity contribution in [3.8, 4) is 18.1 Å². The predicted octanol–water partition coefficient (Wildman–Crippen LogP) is 6.36. The summed E-state index contributed by atoms with van der Waals surface area (Å²) in [5, 5.41) is 17.4. The lowest BCUT2D eigenvalue weighted by molar-refractivity contribution is -0.140. The van der Waals surface area contributed by atoms with Gasteiger partial charge in [0.25, 0.3) is 5.91 Å². The Morgan fingerprint density at radius 2 is 1.64 bits per heavy atom. The average Bonchev–Trinajstić information content (AvgIpc) is 3.00. The molecule has 0 heterocycles. The average molecular weight is 604 g/mol. The molecule has 4 aromatic carbocycles. The third-order valence-corrected chi connectivity index (χ3v) is 6.96. The summed E-state index contributed by atoms with van der Waals surface area (Å²) in [5.41, 5.74) is 1.27. The fraction of sp³-hybridized carbons (Fsp3) is 0.216. The minimum absolute atomic E-state index is 0.0321. The number of phenolic OH excluding ortho intramolecular Hbond substituents is 1. The number of alkyl carbamates (subject to hydrolysis) is 1. The number of carbonyl (C=O) groups excluding carboxylic acids is 3. The van der Waals surface area contributed by atoms with Crippen LogP contribution in [0.15, 0.2) is 104 Å². The maximum atomic E-state index is 14.5. The summed E-state index contributed by atoms with van der Waals surface area (Å²) in [4.78, 5) is 43.0. The summed E-state index contributed by atoms with van der Waals surface area (Å²) < 4.78 is 5.47. The third-order valence-electron chi connectivity index (χ3n) is 6.96. The number of fused-ring (bicyclic) bond motifs is 1. The zero-order chi connectivity index (χ0) is 32.6. The lowest BCUT2D eigenvalue weighted by atomic mass is 9.96. The maximum absolute atomic E-state index is 14.5. The van der Waals surface area contributed by atoms with Gasteiger partial charge in [-0.15, -0.1) is 13.0 Å². The summed E-state index contributed by atoms with van der Waals surface area (Å²) in [5.74, 6) is 1.64. The predicted molar refractivity (Wildman–Crippen MR) is 177 cm³/mol. The SMILES string of the molecule is C#Cc1ccccc1C(C(=O)Nc1ccc2ccccc2c1)N(CC=C)C(=O)C(Cc1ccc(O)cc1)NC(=O)OC(C)(C)C. The van der Waals surface area contributed by atoms with E-state index in [1.54, 1.807) is 63.2 Å². The van der Waals surface area contributed by atoms with Crippen molar-refractivity contribution in [3.63, 3.8) is 0 Å². The molecule has 4 aromatic rings. The number of terminal acetylenes is 1. The Morgan fingerprint density at radius 3 is 2.31 bits per heavy atom. The van der Waals surface area contributed by atoms with E-state index in [2.05, 4.69) is 23.1 Å². The van der Waals surface area contributed by atoms with Gasteiger partial charge in [-0.05, 0) is 73.0 Å². The normalized spacial score (nSPS) is 12.3. The van der Waals surface area contributed by atoms with E-state index in [0.29, 0.717) is 22.4 Å². The molecule has 0 aromatic heterocycles. The Bertz CT molecular complexity index is 1730. The van der Waals surface area contributed by atoms with E-state index < -0.39 is 35.6 Å². The lowest BCUT2D eigenvalue weighted by Gasteiger charge is -2.34. The van der Waals surface area contributed by atoms with Crippen molar-refractivity contribution >= 4 is 34.4 Å². The molecule has 0 spiro atoms. The molecule has 8 heteroatoms. The van der Waals surface area contributed by atoms with E-state index in [0.717, 1.165) is 10.8 Å². The summed E-state index contributed by atoms with van der Waals surface area (Å²) in [6, 6.07) is 24.2. The van der Waals surface area contributed by atoms with Gasteiger partial charge in [0.05, 0.1) is 0 Å². The van der Waals surface area contributed by atoms with Crippen LogP contribution in [0.25, 0.3) is 10.8 Å². The van der Waals surface area contributed by atoms with Crippen LogP contribution in [0.5, 0.6) is 5.75 Å². The zero-order valence-corrected chi connectivity index (χ0v) is 25.6. The Morgan fingerprint density at radius 1 is 0.978 bits per heavy atom. The number of ether oxygens (including phenoxy) is 1. The second kappa shape index (κ2) is 14.3. The Labute approximate surface area is 263 Å². The lowest BCUT2D eigenvalue weighted by Crippen LogP contribution is -2.53. The van der Waals surface area contributed by atoms with Gasteiger partial charge >= 0.3 is 6.09 Å². The summed E-state index contributed by atoms with van der Waals surface area (Å²) in [7, 11) is 0. The number of rotatable bonds is 10. The van der Waals surface area contributed by atoms with Crippen LogP contribution in [0, 0.1) is 12.3 Å². The topological polar surface area (TPSA) is 108 Å². The molecule has 3 N–H and O–H groups in total. The van der Waals surface area contributed by atoms with Gasteiger partial charge in [-0.2, -0.15) is 0 Å². The highest BCUT2D eigenvalue weighted by Gasteiger charge is 2.37. The van der Waals surface area contributed by atoms with Crippen LogP contribution in [0.3, 0.4) is 0 Å². The first-order valence-corrected chi connectivity index (χ1v) is 14.5. The van der Waals surface area contributed by atoms with Crippen molar-refractivity contribution in [1.29, 1.82) is 0 Å². The van der Waals surface area contributed by atoms with Crippen molar-refractivity contribution in [2.45, 2.75) is 44.9 Å². The standard InChI is InChI=1S/C37H37N3O5/c1-6-22-40(35(43)32(39-36(44)45-37(3,4)5)23-25-16-20-30(41)21-17-25)33(31-15-11-10-12-26(31)7-2)34(42)38-29-19-18-27-13-8-9-14-28(27)24-29/h2,6,8-21,24,32-33,41H,1,22-23H2,3-5H3,(H,38,42)(H,39,44). The van der Waals surface area contributed by atoms with Gasteiger partial charge in [-0.3, -0.25) is 9.59 Å². The van der Waals surface area contributed by atoms with Gasteiger partial charge in [0.2, 0.25) is 5.91 Å². The number of anilines is 1. The van der Waals surface area contributed by atoms with Crippen molar-refractivity contribution in [1.82, 2.24) is 10.2 Å². The quantitative estimate of drug-likeness (QED) is 0.145. The molecule has 0 saturated carbocycles. The van der Waals surface area contributed by atoms with Crippen molar-refractivity contribution in [2.24, 2.45) is 0 Å². The first-order chi connectivity index (χ1) is 21.5. The number of phenols is 1. The molecule has 2 unspecified atom stereocenters. The number of carbonyl (C=O) groups is 3. The molecule has 0 radical (unpaired) electrons. The van der Waals surface area contributed by atoms with E-state index in [4.69, 9.17) is 11.2 Å². The number of hydrogen-bond donors (Lipinski definition) is 3. The van der Waals surface area contributed by atoms with Crippen molar-refractivity contribution < 1.29 is 24.2 Å². The zero-order valence-electron chi connectivity index (χ0n) is 25.6. The molecule has 0 aliphatic rings. The monoisotopic (exact) mass is 603 g/mol. The second-order valence-electron chi connectivity index (χ2n) is 11.5. The Kier molecular flexibility index (Phi) is 10.3. The molecular weight excluding hydrogens is 566 g/mol. The Balaban J connectivity index is 1.76. The van der Waals surface area contributed by atoms with Crippen molar-refractivity contribution in [3.05, 3.63) is 120 Å². The number of nitrogens with one attached hydrogen (secondary N) is 2. The summed E-state index contributed by atoms with van der Waals surface area (Å²) in [6.07, 6.45) is 6.63. The molecule has 0 fully saturated rings. The molecular formula is C37H37N3O5. The number of nitrogens with zero attached hydrogens (tertiary/aromatic N) is 1. The number of amides is 3. The van der Waals surface area contributed by atoms with Crippen molar-refractivity contribution in [2.75, 3.05) is 11.9 Å². The van der Waals surface area contributed by atoms with Crippen LogP contribution in [0.4, 0.5) is 10.5 Å². The molecule has 0 aliphatic heterocycles. The fourth-order valence-electron chi connectivity index (χ4n) is 4.97. The number of benzene rings is 4. The molecule has 0 bridgehead atoms. The molecule has 2 atom stereocenters. The first-order valence-electron chi connectivity index (χ1n) is 14.5. The third kappa shape index (κ3) is 8.52. The van der Waals surface area contributed by atoms with E-state index in [1.165, 1.54) is 23.1 Å². The van der Waals surface area contributed by atoms with Gasteiger partial charge in [0.1, 0.15) is 23.4 Å². The summed E-state index contributed by atoms with van der Waals surface area (Å²) >= 11 is 0. The first kappa shape index (κ1) is 32.4. The highest BCUT2D eigenvalue weighted by molar-refractivity contribution is 6.00. The number of hydrogen-bond acceptors (Lipinski definition) is 5. The Hall–Kier alpha value is -5.55. The number of aromatic hydroxyl groups is 1. The highest BCUT2D eigenvalue weighted by atomic mass is 16.6. The molecule has 45 heavy (non-hydrogen) atoms. The van der Waals surface area contributed by atoms with E-state index in [9.17, 15) is 19.5 Å². The molecule has 4 rings (SSSR count). The van der Waals surface area contributed by atoms with E-state index >= 15 is 0 Å². The molecule has 0 saturated heterocycles. The van der Waals surface area contributed by atoms with E-state index in [1.807, 2.05) is 36.4 Å². The molecule has 3 amide bonds. The van der Waals surface area contributed by atoms with Crippen LogP contribution < -0.4 is 10.6 Å². The minimum Gasteiger partial charge on any atom is -0.508 e. The van der Waals surface area contributed by atoms with Gasteiger partial charge in [0.15, 0.2) is 0 Å². The van der Waals surface area contributed by atoms with Gasteiger partial charge < -0.3 is 25.4 Å². The maximum Gasteiger partial charge on any atom is 0.408 e. The molecule has 230 valence electrons. The van der Waals surface area contributed by atoms with Crippen LogP contribution in [-0.2, 0) is 20.7 Å². The van der Waals surface area contributed by atoms with E-state index in [-0.39, 0.29) is 18.7 Å². The van der Waals surface area contributed by atoms with Gasteiger partial charge in [0, 0.05) is 24.2 Å². The van der Waals surface area contributed by atoms with Crippen LogP contribution in [-0.4, -0.2) is 46.1 Å². The van der Waals surface area contributed by atoms with Crippen LogP contribution in [0.2, 0.25) is 0 Å². The fourth-order valence-corrected chi connectivity index (χ4v) is 4.97. The largest absolute Gasteiger partial charge is 0.508 e. The van der Waals surface area contributed by atoms with Crippen LogP contribution >= 0.6 is 0 Å². The smallest absolute Gasteiger partial charge is 0.408 e. The van der Waals surface area contributed by atoms with Gasteiger partial charge in [-0.1, -0.05) is 72.7 Å². The molecule has 0 aliphatic carbocycles.